The van der Waals surface area contributed by atoms with Gasteiger partial charge >= 0.3 is 5.97 Å². The van der Waals surface area contributed by atoms with E-state index in [4.69, 9.17) is 4.74 Å². The third-order valence-electron chi connectivity index (χ3n) is 8.39. The van der Waals surface area contributed by atoms with Crippen LogP contribution in [0.25, 0.3) is 0 Å². The Kier molecular flexibility index (Phi) is 4.20. The molecule has 4 rings (SSSR count). The summed E-state index contributed by atoms with van der Waals surface area (Å²) in [5.74, 6) is 2.02. The molecule has 0 bridgehead atoms. The van der Waals surface area contributed by atoms with Crippen LogP contribution in [0, 0.1) is 28.6 Å². The van der Waals surface area contributed by atoms with Gasteiger partial charge in [-0.05, 0) is 73.2 Å². The van der Waals surface area contributed by atoms with E-state index in [1.165, 1.54) is 18.9 Å². The number of ether oxygens (including phenoxy) is 1. The van der Waals surface area contributed by atoms with Crippen LogP contribution in [-0.2, 0) is 14.3 Å². The van der Waals surface area contributed by atoms with Crippen molar-refractivity contribution in [2.75, 3.05) is 0 Å². The van der Waals surface area contributed by atoms with Crippen molar-refractivity contribution >= 4 is 11.8 Å². The number of rotatable bonds is 1. The van der Waals surface area contributed by atoms with Crippen molar-refractivity contribution in [1.82, 2.24) is 0 Å². The zero-order chi connectivity index (χ0) is 18.7. The molecule has 26 heavy (non-hydrogen) atoms. The van der Waals surface area contributed by atoms with Crippen molar-refractivity contribution in [3.8, 4) is 0 Å². The van der Waals surface area contributed by atoms with E-state index < -0.39 is 0 Å². The molecule has 4 aliphatic carbocycles. The minimum Gasteiger partial charge on any atom is -0.462 e. The maximum Gasteiger partial charge on any atom is 0.302 e. The lowest BCUT2D eigenvalue weighted by Gasteiger charge is -2.57. The van der Waals surface area contributed by atoms with Crippen molar-refractivity contribution in [1.29, 1.82) is 0 Å². The number of hydrogen-bond acceptors (Lipinski definition) is 3. The molecular formula is C23H32O3. The van der Waals surface area contributed by atoms with E-state index in [1.54, 1.807) is 0 Å². The zero-order valence-electron chi connectivity index (χ0n) is 16.6. The van der Waals surface area contributed by atoms with Gasteiger partial charge in [0.25, 0.3) is 0 Å². The molecule has 3 fully saturated rings. The highest BCUT2D eigenvalue weighted by atomic mass is 16.5. The van der Waals surface area contributed by atoms with Crippen molar-refractivity contribution in [3.63, 3.8) is 0 Å². The van der Waals surface area contributed by atoms with Crippen molar-refractivity contribution in [3.05, 3.63) is 23.3 Å². The molecule has 0 N–H and O–H groups in total. The Hall–Kier alpha value is -1.38. The molecule has 0 spiro atoms. The van der Waals surface area contributed by atoms with E-state index in [0.717, 1.165) is 44.1 Å². The Morgan fingerprint density at radius 3 is 2.58 bits per heavy atom. The minimum atomic E-state index is -0.162. The van der Waals surface area contributed by atoms with Gasteiger partial charge in [-0.1, -0.05) is 31.6 Å². The smallest absolute Gasteiger partial charge is 0.302 e. The fourth-order valence-corrected chi connectivity index (χ4v) is 7.11. The summed E-state index contributed by atoms with van der Waals surface area (Å²) in [5.41, 5.74) is 2.92. The van der Waals surface area contributed by atoms with Gasteiger partial charge in [-0.15, -0.1) is 0 Å². The number of allylic oxidation sites excluding steroid dienone is 3. The van der Waals surface area contributed by atoms with Gasteiger partial charge in [-0.2, -0.15) is 0 Å². The lowest BCUT2D eigenvalue weighted by atomic mass is 9.48. The van der Waals surface area contributed by atoms with E-state index in [0.29, 0.717) is 23.5 Å². The number of fused-ring (bicyclic) bond motifs is 5. The third kappa shape index (κ3) is 2.46. The van der Waals surface area contributed by atoms with Gasteiger partial charge in [0, 0.05) is 19.8 Å². The maximum absolute atomic E-state index is 12.6. The average Bonchev–Trinajstić information content (AvgIpc) is 2.84. The normalized spacial score (nSPS) is 46.2. The Bertz CT molecular complexity index is 702. The fourth-order valence-electron chi connectivity index (χ4n) is 7.11. The number of esters is 1. The Balaban J connectivity index is 1.62. The van der Waals surface area contributed by atoms with Crippen molar-refractivity contribution in [2.45, 2.75) is 78.7 Å². The molecule has 0 aliphatic heterocycles. The van der Waals surface area contributed by atoms with Gasteiger partial charge in [0.15, 0.2) is 5.78 Å². The number of carbonyl (C=O) groups is 2. The molecule has 0 radical (unpaired) electrons. The van der Waals surface area contributed by atoms with E-state index in [2.05, 4.69) is 26.0 Å². The highest BCUT2D eigenvalue weighted by molar-refractivity contribution is 5.99. The first-order valence-corrected chi connectivity index (χ1v) is 10.4. The molecule has 4 aliphatic rings. The van der Waals surface area contributed by atoms with E-state index >= 15 is 0 Å². The first kappa shape index (κ1) is 18.0. The monoisotopic (exact) mass is 356 g/mol. The lowest BCUT2D eigenvalue weighted by Crippen LogP contribution is -2.49. The van der Waals surface area contributed by atoms with Crippen LogP contribution in [0.4, 0.5) is 0 Å². The first-order valence-electron chi connectivity index (χ1n) is 10.4. The topological polar surface area (TPSA) is 43.4 Å². The Morgan fingerprint density at radius 2 is 1.88 bits per heavy atom. The second kappa shape index (κ2) is 6.07. The summed E-state index contributed by atoms with van der Waals surface area (Å²) in [4.78, 5) is 24.0. The van der Waals surface area contributed by atoms with Gasteiger partial charge in [0.2, 0.25) is 0 Å². The van der Waals surface area contributed by atoms with Crippen LogP contribution in [0.5, 0.6) is 0 Å². The van der Waals surface area contributed by atoms with Gasteiger partial charge < -0.3 is 4.74 Å². The van der Waals surface area contributed by atoms with Crippen LogP contribution >= 0.6 is 0 Å². The predicted octanol–water partition coefficient (Wildman–Crippen LogP) is 5.01. The Morgan fingerprint density at radius 1 is 1.15 bits per heavy atom. The van der Waals surface area contributed by atoms with E-state index in [1.807, 2.05) is 6.92 Å². The quantitative estimate of drug-likeness (QED) is 0.377. The SMILES string of the molecule is CC=C1C(=O)C[C@H]2[C@@H]3CC=C4C[C@@H](OC(C)=O)CC[C@]4(C)[C@H]3CC[C@]12C. The summed E-state index contributed by atoms with van der Waals surface area (Å²) in [5, 5.41) is 0. The lowest BCUT2D eigenvalue weighted by molar-refractivity contribution is -0.148. The second-order valence-corrected chi connectivity index (χ2v) is 9.52. The van der Waals surface area contributed by atoms with Crippen molar-refractivity contribution in [2.24, 2.45) is 28.6 Å². The largest absolute Gasteiger partial charge is 0.462 e. The molecule has 6 atom stereocenters. The highest BCUT2D eigenvalue weighted by Gasteiger charge is 2.59. The van der Waals surface area contributed by atoms with Crippen LogP contribution in [0.15, 0.2) is 23.3 Å². The number of Topliss-reactive ketones (excluding diaryl/α,β-unsaturated/α-hetero) is 1. The highest BCUT2D eigenvalue weighted by Crippen LogP contribution is 2.65. The van der Waals surface area contributed by atoms with Crippen LogP contribution in [-0.4, -0.2) is 17.9 Å². The van der Waals surface area contributed by atoms with Crippen LogP contribution in [0.2, 0.25) is 0 Å². The van der Waals surface area contributed by atoms with Gasteiger partial charge in [-0.25, -0.2) is 0 Å². The molecule has 0 unspecified atom stereocenters. The van der Waals surface area contributed by atoms with Crippen LogP contribution in [0.1, 0.15) is 72.6 Å². The molecule has 0 aromatic carbocycles. The summed E-state index contributed by atoms with van der Waals surface area (Å²) in [7, 11) is 0. The summed E-state index contributed by atoms with van der Waals surface area (Å²) >= 11 is 0. The molecular weight excluding hydrogens is 324 g/mol. The summed E-state index contributed by atoms with van der Waals surface area (Å²) < 4.78 is 5.52. The molecule has 142 valence electrons. The Labute approximate surface area is 157 Å². The summed E-state index contributed by atoms with van der Waals surface area (Å²) in [6, 6.07) is 0. The predicted molar refractivity (Wildman–Crippen MR) is 101 cm³/mol. The van der Waals surface area contributed by atoms with Gasteiger partial charge in [0.1, 0.15) is 6.10 Å². The maximum atomic E-state index is 12.6. The summed E-state index contributed by atoms with van der Waals surface area (Å²) in [6.07, 6.45) is 11.7. The molecule has 0 heterocycles. The molecule has 0 amide bonds. The van der Waals surface area contributed by atoms with Gasteiger partial charge in [0.05, 0.1) is 0 Å². The first-order chi connectivity index (χ1) is 12.3. The molecule has 3 heteroatoms. The van der Waals surface area contributed by atoms with E-state index in [9.17, 15) is 9.59 Å². The number of ketones is 1. The molecule has 0 aromatic heterocycles. The van der Waals surface area contributed by atoms with Gasteiger partial charge in [-0.3, -0.25) is 9.59 Å². The fraction of sp³-hybridized carbons (Fsp3) is 0.739. The molecule has 3 nitrogen and oxygen atoms in total. The zero-order valence-corrected chi connectivity index (χ0v) is 16.6. The van der Waals surface area contributed by atoms with E-state index in [-0.39, 0.29) is 22.9 Å². The van der Waals surface area contributed by atoms with Crippen LogP contribution < -0.4 is 0 Å². The number of hydrogen-bond donors (Lipinski definition) is 0. The standard InChI is InChI=1S/C23H32O3/c1-5-18-21(25)13-20-17-7-6-15-12-16(26-14(2)24)8-10-22(15,3)19(17)9-11-23(18,20)4/h5-6,16-17,19-20H,7-13H2,1-4H3/t16-,17+,19-,20-,22-,23+/m0/s1. The average molecular weight is 357 g/mol. The second-order valence-electron chi connectivity index (χ2n) is 9.52. The third-order valence-corrected chi connectivity index (χ3v) is 8.39. The van der Waals surface area contributed by atoms with Crippen LogP contribution in [0.3, 0.4) is 0 Å². The number of carbonyl (C=O) groups excluding carboxylic acids is 2. The minimum absolute atomic E-state index is 0.0555. The molecule has 0 aromatic rings. The molecule has 0 saturated heterocycles. The summed E-state index contributed by atoms with van der Waals surface area (Å²) in [6.45, 7) is 8.32. The molecule has 3 saturated carbocycles. The van der Waals surface area contributed by atoms with Crippen molar-refractivity contribution < 1.29 is 14.3 Å².